The average Bonchev–Trinajstić information content (AvgIpc) is 3.58. The molecule has 35 heavy (non-hydrogen) atoms. The number of aromatic amines is 1. The highest BCUT2D eigenvalue weighted by molar-refractivity contribution is 6.11. The van der Waals surface area contributed by atoms with Crippen LogP contribution in [0.3, 0.4) is 0 Å². The van der Waals surface area contributed by atoms with Crippen molar-refractivity contribution in [3.05, 3.63) is 89.6 Å². The second-order valence-electron chi connectivity index (χ2n) is 9.63. The number of anilines is 1. The van der Waals surface area contributed by atoms with E-state index >= 15 is 0 Å². The van der Waals surface area contributed by atoms with Gasteiger partial charge in [-0.2, -0.15) is 5.10 Å². The van der Waals surface area contributed by atoms with Gasteiger partial charge in [-0.3, -0.25) is 14.8 Å². The van der Waals surface area contributed by atoms with Gasteiger partial charge in [-0.1, -0.05) is 51.1 Å². The van der Waals surface area contributed by atoms with Crippen LogP contribution in [0.25, 0.3) is 11.1 Å². The Hall–Kier alpha value is -3.84. The molecule has 2 aromatic carbocycles. The molecule has 5 rings (SSSR count). The number of rotatable bonds is 7. The maximum atomic E-state index is 13.8. The standard InChI is InChI=1S/C28H29N3O4/c1-28(2,3)26-23-24(29-30-26)27(32)31(20-11-9-18(10-12-20)19-13-14-34-17-19)25(23)21-7-5-6-8-22(21)35-16-15-33-4/h5-14,17,25H,15-16H2,1-4H3,(H,29,30). The van der Waals surface area contributed by atoms with Gasteiger partial charge in [0.2, 0.25) is 0 Å². The van der Waals surface area contributed by atoms with Gasteiger partial charge in [0, 0.05) is 40.6 Å². The predicted molar refractivity (Wildman–Crippen MR) is 134 cm³/mol. The number of fused-ring (bicyclic) bond motifs is 1. The SMILES string of the molecule is COCCOc1ccccc1C1c2c(n[nH]c2C(C)(C)C)C(=O)N1c1ccc(-c2ccoc2)cc1. The van der Waals surface area contributed by atoms with Crippen molar-refractivity contribution in [3.63, 3.8) is 0 Å². The molecule has 3 heterocycles. The van der Waals surface area contributed by atoms with Gasteiger partial charge in [0.1, 0.15) is 12.4 Å². The van der Waals surface area contributed by atoms with Crippen molar-refractivity contribution in [2.24, 2.45) is 0 Å². The van der Waals surface area contributed by atoms with E-state index < -0.39 is 0 Å². The molecule has 1 aliphatic rings. The van der Waals surface area contributed by atoms with Crippen LogP contribution in [0.5, 0.6) is 5.75 Å². The molecule has 2 aromatic heterocycles. The van der Waals surface area contributed by atoms with Crippen molar-refractivity contribution in [1.29, 1.82) is 0 Å². The third kappa shape index (κ3) is 4.12. The Morgan fingerprint density at radius 3 is 2.49 bits per heavy atom. The van der Waals surface area contributed by atoms with E-state index in [-0.39, 0.29) is 17.4 Å². The molecular formula is C28H29N3O4. The van der Waals surface area contributed by atoms with Crippen LogP contribution < -0.4 is 9.64 Å². The van der Waals surface area contributed by atoms with Crippen LogP contribution in [0.4, 0.5) is 5.69 Å². The second kappa shape index (κ2) is 9.07. The fraction of sp³-hybridized carbons (Fsp3) is 0.286. The summed E-state index contributed by atoms with van der Waals surface area (Å²) in [5.74, 6) is 0.579. The Bertz CT molecular complexity index is 1320. The molecule has 0 saturated carbocycles. The van der Waals surface area contributed by atoms with E-state index in [1.165, 1.54) is 0 Å². The first-order valence-corrected chi connectivity index (χ1v) is 11.7. The molecular weight excluding hydrogens is 442 g/mol. The van der Waals surface area contributed by atoms with Gasteiger partial charge in [-0.05, 0) is 29.8 Å². The van der Waals surface area contributed by atoms with Crippen LogP contribution in [-0.4, -0.2) is 36.4 Å². The van der Waals surface area contributed by atoms with Crippen molar-refractivity contribution in [3.8, 4) is 16.9 Å². The van der Waals surface area contributed by atoms with E-state index in [1.807, 2.05) is 59.5 Å². The van der Waals surface area contributed by atoms with Gasteiger partial charge in [0.05, 0.1) is 25.2 Å². The lowest BCUT2D eigenvalue weighted by atomic mass is 9.85. The average molecular weight is 472 g/mol. The van der Waals surface area contributed by atoms with E-state index in [1.54, 1.807) is 19.6 Å². The highest BCUT2D eigenvalue weighted by Crippen LogP contribution is 2.47. The van der Waals surface area contributed by atoms with Crippen LogP contribution in [-0.2, 0) is 10.2 Å². The third-order valence-corrected chi connectivity index (χ3v) is 6.27. The number of benzene rings is 2. The molecule has 0 bridgehead atoms. The van der Waals surface area contributed by atoms with Gasteiger partial charge >= 0.3 is 0 Å². The summed E-state index contributed by atoms with van der Waals surface area (Å²) in [6.07, 6.45) is 3.36. The molecule has 4 aromatic rings. The van der Waals surface area contributed by atoms with E-state index in [0.29, 0.717) is 18.9 Å². The lowest BCUT2D eigenvalue weighted by molar-refractivity contribution is 0.0988. The van der Waals surface area contributed by atoms with Gasteiger partial charge in [-0.25, -0.2) is 0 Å². The highest BCUT2D eigenvalue weighted by Gasteiger charge is 2.45. The first-order chi connectivity index (χ1) is 16.9. The molecule has 1 amide bonds. The Labute approximate surface area is 204 Å². The van der Waals surface area contributed by atoms with Crippen molar-refractivity contribution in [2.45, 2.75) is 32.2 Å². The quantitative estimate of drug-likeness (QED) is 0.348. The topological polar surface area (TPSA) is 80.6 Å². The van der Waals surface area contributed by atoms with Crippen molar-refractivity contribution in [2.75, 3.05) is 25.2 Å². The molecule has 1 unspecified atom stereocenters. The minimum atomic E-state index is -0.385. The number of hydrogen-bond acceptors (Lipinski definition) is 5. The predicted octanol–water partition coefficient (Wildman–Crippen LogP) is 5.74. The lowest BCUT2D eigenvalue weighted by Crippen LogP contribution is -2.30. The molecule has 0 aliphatic carbocycles. The molecule has 180 valence electrons. The number of methoxy groups -OCH3 is 1. The molecule has 0 saturated heterocycles. The number of H-pyrrole nitrogens is 1. The van der Waals surface area contributed by atoms with Crippen LogP contribution in [0.15, 0.2) is 71.5 Å². The fourth-order valence-electron chi connectivity index (χ4n) is 4.59. The number of carbonyl (C=O) groups is 1. The summed E-state index contributed by atoms with van der Waals surface area (Å²) in [5, 5.41) is 7.62. The number of hydrogen-bond donors (Lipinski definition) is 1. The Kier molecular flexibility index (Phi) is 5.94. The first kappa shape index (κ1) is 22.9. The smallest absolute Gasteiger partial charge is 0.280 e. The molecule has 0 fully saturated rings. The maximum Gasteiger partial charge on any atom is 0.280 e. The van der Waals surface area contributed by atoms with Crippen LogP contribution in [0, 0.1) is 0 Å². The van der Waals surface area contributed by atoms with Gasteiger partial charge < -0.3 is 13.9 Å². The molecule has 7 heteroatoms. The highest BCUT2D eigenvalue weighted by atomic mass is 16.5. The monoisotopic (exact) mass is 471 g/mol. The molecule has 0 radical (unpaired) electrons. The number of aromatic nitrogens is 2. The summed E-state index contributed by atoms with van der Waals surface area (Å²) < 4.78 is 16.5. The summed E-state index contributed by atoms with van der Waals surface area (Å²) in [6, 6.07) is 17.3. The number of para-hydroxylation sites is 1. The molecule has 7 nitrogen and oxygen atoms in total. The van der Waals surface area contributed by atoms with Crippen LogP contribution in [0.2, 0.25) is 0 Å². The summed E-state index contributed by atoms with van der Waals surface area (Å²) >= 11 is 0. The van der Waals surface area contributed by atoms with Gasteiger partial charge in [0.25, 0.3) is 5.91 Å². The molecule has 1 aliphatic heterocycles. The lowest BCUT2D eigenvalue weighted by Gasteiger charge is -2.29. The number of ether oxygens (including phenoxy) is 2. The zero-order chi connectivity index (χ0) is 24.6. The zero-order valence-corrected chi connectivity index (χ0v) is 20.4. The van der Waals surface area contributed by atoms with E-state index in [0.717, 1.165) is 39.4 Å². The molecule has 0 spiro atoms. The third-order valence-electron chi connectivity index (χ3n) is 6.27. The Morgan fingerprint density at radius 2 is 1.80 bits per heavy atom. The van der Waals surface area contributed by atoms with Crippen molar-refractivity contribution in [1.82, 2.24) is 10.2 Å². The summed E-state index contributed by atoms with van der Waals surface area (Å²) in [4.78, 5) is 15.6. The maximum absolute atomic E-state index is 13.8. The van der Waals surface area contributed by atoms with Crippen molar-refractivity contribution >= 4 is 11.6 Å². The molecule has 1 N–H and O–H groups in total. The number of nitrogens with zero attached hydrogens (tertiary/aromatic N) is 2. The minimum absolute atomic E-state index is 0.139. The number of furan rings is 1. The van der Waals surface area contributed by atoms with Crippen LogP contribution in [0.1, 0.15) is 54.1 Å². The normalized spacial score (nSPS) is 15.5. The van der Waals surface area contributed by atoms with Crippen LogP contribution >= 0.6 is 0 Å². The van der Waals surface area contributed by atoms with E-state index in [2.05, 4.69) is 31.0 Å². The Balaban J connectivity index is 1.63. The van der Waals surface area contributed by atoms with Crippen molar-refractivity contribution < 1.29 is 18.7 Å². The minimum Gasteiger partial charge on any atom is -0.491 e. The molecule has 1 atom stereocenters. The second-order valence-corrected chi connectivity index (χ2v) is 9.63. The van der Waals surface area contributed by atoms with E-state index in [9.17, 15) is 4.79 Å². The number of amides is 1. The fourth-order valence-corrected chi connectivity index (χ4v) is 4.59. The largest absolute Gasteiger partial charge is 0.491 e. The summed E-state index contributed by atoms with van der Waals surface area (Å²) in [5.41, 5.74) is 5.75. The zero-order valence-electron chi connectivity index (χ0n) is 20.4. The van der Waals surface area contributed by atoms with Gasteiger partial charge in [0.15, 0.2) is 5.69 Å². The Morgan fingerprint density at radius 1 is 1.03 bits per heavy atom. The summed E-state index contributed by atoms with van der Waals surface area (Å²) in [7, 11) is 1.65. The summed E-state index contributed by atoms with van der Waals surface area (Å²) in [6.45, 7) is 7.24. The number of carbonyl (C=O) groups excluding carboxylic acids is 1. The van der Waals surface area contributed by atoms with Gasteiger partial charge in [-0.15, -0.1) is 0 Å². The first-order valence-electron chi connectivity index (χ1n) is 11.7. The van der Waals surface area contributed by atoms with E-state index in [4.69, 9.17) is 13.9 Å². The number of nitrogens with one attached hydrogen (secondary N) is 1.